The van der Waals surface area contributed by atoms with Crippen molar-refractivity contribution in [3.63, 3.8) is 0 Å². The normalized spacial score (nSPS) is 19.7. The van der Waals surface area contributed by atoms with Gasteiger partial charge in [0.15, 0.2) is 15.5 Å². The van der Waals surface area contributed by atoms with Crippen LogP contribution in [0.1, 0.15) is 28.2 Å². The van der Waals surface area contributed by atoms with E-state index in [1.54, 1.807) is 11.6 Å². The maximum atomic E-state index is 12.3. The molecule has 8 heteroatoms. The van der Waals surface area contributed by atoms with Gasteiger partial charge in [-0.1, -0.05) is 22.9 Å². The van der Waals surface area contributed by atoms with Crippen LogP contribution in [0.3, 0.4) is 0 Å². The number of carbonyl (C=O) groups is 1. The Balaban J connectivity index is 1.79. The first-order valence-electron chi connectivity index (χ1n) is 7.36. The summed E-state index contributed by atoms with van der Waals surface area (Å²) >= 11 is 0. The lowest BCUT2D eigenvalue weighted by molar-refractivity contribution is 0.0935. The van der Waals surface area contributed by atoms with Gasteiger partial charge < -0.3 is 5.32 Å². The molecular formula is C15H18N4O3S. The predicted octanol–water partition coefficient (Wildman–Crippen LogP) is 0.801. The molecule has 0 saturated carbocycles. The Hall–Kier alpha value is -2.22. The molecule has 1 aliphatic rings. The highest BCUT2D eigenvalue weighted by molar-refractivity contribution is 7.91. The minimum atomic E-state index is -3.03. The first-order chi connectivity index (χ1) is 10.9. The van der Waals surface area contributed by atoms with E-state index in [-0.39, 0.29) is 29.1 Å². The lowest BCUT2D eigenvalue weighted by atomic mass is 10.2. The number of aromatic nitrogens is 3. The molecule has 122 valence electrons. The van der Waals surface area contributed by atoms with Crippen LogP contribution in [0.25, 0.3) is 5.69 Å². The van der Waals surface area contributed by atoms with Crippen molar-refractivity contribution in [1.82, 2.24) is 20.3 Å². The van der Waals surface area contributed by atoms with E-state index in [4.69, 9.17) is 0 Å². The van der Waals surface area contributed by atoms with Crippen molar-refractivity contribution >= 4 is 15.7 Å². The van der Waals surface area contributed by atoms with Crippen LogP contribution < -0.4 is 5.32 Å². The van der Waals surface area contributed by atoms with E-state index in [1.807, 2.05) is 31.2 Å². The molecule has 0 radical (unpaired) electrons. The van der Waals surface area contributed by atoms with E-state index >= 15 is 0 Å². The van der Waals surface area contributed by atoms with Crippen molar-refractivity contribution < 1.29 is 13.2 Å². The molecule has 3 rings (SSSR count). The number of nitrogens with one attached hydrogen (secondary N) is 1. The SMILES string of the molecule is Cc1ccc(-n2nnc(C(=O)NC3CCS(=O)(=O)C3)c2C)cc1. The van der Waals surface area contributed by atoms with Crippen LogP contribution >= 0.6 is 0 Å². The number of carbonyl (C=O) groups excluding carboxylic acids is 1. The molecule has 0 bridgehead atoms. The van der Waals surface area contributed by atoms with Gasteiger partial charge in [-0.15, -0.1) is 5.10 Å². The Morgan fingerprint density at radius 2 is 1.96 bits per heavy atom. The topological polar surface area (TPSA) is 93.9 Å². The summed E-state index contributed by atoms with van der Waals surface area (Å²) in [6.07, 6.45) is 0.444. The molecule has 1 aromatic carbocycles. The van der Waals surface area contributed by atoms with Gasteiger partial charge >= 0.3 is 0 Å². The number of amides is 1. The van der Waals surface area contributed by atoms with Gasteiger partial charge in [0.1, 0.15) is 0 Å². The number of benzene rings is 1. The zero-order chi connectivity index (χ0) is 16.6. The molecule has 1 aromatic heterocycles. The van der Waals surface area contributed by atoms with Crippen molar-refractivity contribution in [2.24, 2.45) is 0 Å². The van der Waals surface area contributed by atoms with Crippen molar-refractivity contribution in [1.29, 1.82) is 0 Å². The molecule has 1 atom stereocenters. The smallest absolute Gasteiger partial charge is 0.274 e. The second-order valence-electron chi connectivity index (χ2n) is 5.84. The third-order valence-electron chi connectivity index (χ3n) is 3.96. The van der Waals surface area contributed by atoms with Crippen LogP contribution in [0.15, 0.2) is 24.3 Å². The van der Waals surface area contributed by atoms with Crippen LogP contribution in [0.2, 0.25) is 0 Å². The monoisotopic (exact) mass is 334 g/mol. The van der Waals surface area contributed by atoms with E-state index in [0.717, 1.165) is 11.3 Å². The summed E-state index contributed by atoms with van der Waals surface area (Å²) in [5.74, 6) is -0.278. The first-order valence-corrected chi connectivity index (χ1v) is 9.18. The van der Waals surface area contributed by atoms with Gasteiger partial charge in [0.2, 0.25) is 0 Å². The van der Waals surface area contributed by atoms with Crippen LogP contribution in [0.4, 0.5) is 0 Å². The van der Waals surface area contributed by atoms with E-state index in [9.17, 15) is 13.2 Å². The fraction of sp³-hybridized carbons (Fsp3) is 0.400. The summed E-state index contributed by atoms with van der Waals surface area (Å²) in [4.78, 5) is 12.3. The van der Waals surface area contributed by atoms with Crippen LogP contribution in [0, 0.1) is 13.8 Å². The van der Waals surface area contributed by atoms with Crippen LogP contribution in [-0.4, -0.2) is 46.9 Å². The molecular weight excluding hydrogens is 316 g/mol. The summed E-state index contributed by atoms with van der Waals surface area (Å²) in [5.41, 5.74) is 2.79. The molecule has 0 aliphatic carbocycles. The first kappa shape index (κ1) is 15.7. The van der Waals surface area contributed by atoms with E-state index in [1.165, 1.54) is 0 Å². The minimum Gasteiger partial charge on any atom is -0.347 e. The number of hydrogen-bond acceptors (Lipinski definition) is 5. The molecule has 7 nitrogen and oxygen atoms in total. The molecule has 1 amide bonds. The molecule has 1 fully saturated rings. The quantitative estimate of drug-likeness (QED) is 0.896. The van der Waals surface area contributed by atoms with Gasteiger partial charge in [-0.25, -0.2) is 13.1 Å². The molecule has 2 heterocycles. The maximum absolute atomic E-state index is 12.3. The summed E-state index contributed by atoms with van der Waals surface area (Å²) in [5, 5.41) is 10.7. The fourth-order valence-corrected chi connectivity index (χ4v) is 4.31. The number of sulfone groups is 1. The molecule has 23 heavy (non-hydrogen) atoms. The minimum absolute atomic E-state index is 0.0100. The Labute approximate surface area is 134 Å². The molecule has 1 saturated heterocycles. The third-order valence-corrected chi connectivity index (χ3v) is 5.72. The summed E-state index contributed by atoms with van der Waals surface area (Å²) in [6.45, 7) is 3.76. The van der Waals surface area contributed by atoms with Gasteiger partial charge in [-0.3, -0.25) is 4.79 Å². The molecule has 1 unspecified atom stereocenters. The van der Waals surface area contributed by atoms with Gasteiger partial charge in [0.05, 0.1) is 22.9 Å². The summed E-state index contributed by atoms with van der Waals surface area (Å²) < 4.78 is 24.5. The Bertz CT molecular complexity index is 840. The van der Waals surface area contributed by atoms with Crippen LogP contribution in [-0.2, 0) is 9.84 Å². The van der Waals surface area contributed by atoms with Gasteiger partial charge in [-0.2, -0.15) is 0 Å². The zero-order valence-corrected chi connectivity index (χ0v) is 13.8. The summed E-state index contributed by atoms with van der Waals surface area (Å²) in [6, 6.07) is 7.38. The maximum Gasteiger partial charge on any atom is 0.274 e. The Morgan fingerprint density at radius 3 is 2.57 bits per heavy atom. The van der Waals surface area contributed by atoms with E-state index in [2.05, 4.69) is 15.6 Å². The number of rotatable bonds is 3. The Kier molecular flexibility index (Phi) is 3.93. The molecule has 1 N–H and O–H groups in total. The largest absolute Gasteiger partial charge is 0.347 e. The van der Waals surface area contributed by atoms with Gasteiger partial charge in [-0.05, 0) is 32.4 Å². The standard InChI is InChI=1S/C15H18N4O3S/c1-10-3-5-13(6-4-10)19-11(2)14(17-18-19)15(20)16-12-7-8-23(21,22)9-12/h3-6,12H,7-9H2,1-2H3,(H,16,20). The highest BCUT2D eigenvalue weighted by Crippen LogP contribution is 2.15. The average Bonchev–Trinajstić information content (AvgIpc) is 3.02. The van der Waals surface area contributed by atoms with E-state index in [0.29, 0.717) is 12.1 Å². The molecule has 2 aromatic rings. The molecule has 0 spiro atoms. The van der Waals surface area contributed by atoms with Gasteiger partial charge in [0, 0.05) is 6.04 Å². The lowest BCUT2D eigenvalue weighted by Crippen LogP contribution is -2.36. The highest BCUT2D eigenvalue weighted by Gasteiger charge is 2.30. The van der Waals surface area contributed by atoms with E-state index < -0.39 is 9.84 Å². The van der Waals surface area contributed by atoms with Crippen molar-refractivity contribution in [3.05, 3.63) is 41.2 Å². The van der Waals surface area contributed by atoms with Gasteiger partial charge in [0.25, 0.3) is 5.91 Å². The number of aryl methyl sites for hydroxylation is 1. The summed E-state index contributed by atoms with van der Waals surface area (Å²) in [7, 11) is -3.03. The van der Waals surface area contributed by atoms with Crippen LogP contribution in [0.5, 0.6) is 0 Å². The van der Waals surface area contributed by atoms with Crippen molar-refractivity contribution in [3.8, 4) is 5.69 Å². The second-order valence-corrected chi connectivity index (χ2v) is 8.07. The third kappa shape index (κ3) is 3.26. The number of nitrogens with zero attached hydrogens (tertiary/aromatic N) is 3. The van der Waals surface area contributed by atoms with Crippen molar-refractivity contribution in [2.75, 3.05) is 11.5 Å². The Morgan fingerprint density at radius 1 is 1.26 bits per heavy atom. The average molecular weight is 334 g/mol. The number of hydrogen-bond donors (Lipinski definition) is 1. The lowest BCUT2D eigenvalue weighted by Gasteiger charge is -2.09. The second kappa shape index (κ2) is 5.77. The predicted molar refractivity (Wildman–Crippen MR) is 85.4 cm³/mol. The highest BCUT2D eigenvalue weighted by atomic mass is 32.2. The van der Waals surface area contributed by atoms with Crippen molar-refractivity contribution in [2.45, 2.75) is 26.3 Å². The zero-order valence-electron chi connectivity index (χ0n) is 13.0. The molecule has 1 aliphatic heterocycles. The fourth-order valence-electron chi connectivity index (χ4n) is 2.63.